The van der Waals surface area contributed by atoms with Crippen molar-refractivity contribution in [1.82, 2.24) is 10.3 Å². The van der Waals surface area contributed by atoms with Gasteiger partial charge in [0.2, 0.25) is 0 Å². The summed E-state index contributed by atoms with van der Waals surface area (Å²) in [7, 11) is 0. The van der Waals surface area contributed by atoms with E-state index in [0.29, 0.717) is 21.7 Å². The highest BCUT2D eigenvalue weighted by Gasteiger charge is 2.35. The van der Waals surface area contributed by atoms with Gasteiger partial charge in [0, 0.05) is 32.7 Å². The molecule has 1 aromatic heterocycles. The Morgan fingerprint density at radius 1 is 0.875 bits per heavy atom. The molecule has 1 aliphatic rings. The van der Waals surface area contributed by atoms with Crippen molar-refractivity contribution in [3.63, 3.8) is 0 Å². The number of imide groups is 1. The third-order valence-electron chi connectivity index (χ3n) is 4.22. The molecule has 0 bridgehead atoms. The maximum absolute atomic E-state index is 12.5. The Morgan fingerprint density at radius 2 is 1.54 bits per heavy atom. The standard InChI is InChI=1S/C19H13ClN2O2/c1-10-15(12-7-3-5-9-14(12)21-10)17-16(18(23)22-19(17)24)11-6-2-4-8-13(11)20/h2-9,21H,1H3,(H,22,23,24). The Labute approximate surface area is 143 Å². The number of aryl methyl sites for hydroxylation is 1. The van der Waals surface area contributed by atoms with Gasteiger partial charge in [-0.1, -0.05) is 48.0 Å². The molecule has 2 aromatic carbocycles. The maximum atomic E-state index is 12.5. The maximum Gasteiger partial charge on any atom is 0.259 e. The van der Waals surface area contributed by atoms with E-state index in [1.807, 2.05) is 31.2 Å². The highest BCUT2D eigenvalue weighted by atomic mass is 35.5. The van der Waals surface area contributed by atoms with Crippen LogP contribution in [-0.2, 0) is 9.59 Å². The highest BCUT2D eigenvalue weighted by molar-refractivity contribution is 6.51. The summed E-state index contributed by atoms with van der Waals surface area (Å²) in [6, 6.07) is 14.7. The number of hydrogen-bond donors (Lipinski definition) is 2. The second kappa shape index (κ2) is 5.35. The van der Waals surface area contributed by atoms with Crippen LogP contribution in [0.5, 0.6) is 0 Å². The summed E-state index contributed by atoms with van der Waals surface area (Å²) in [6.45, 7) is 1.89. The lowest BCUT2D eigenvalue weighted by atomic mass is 9.94. The number of benzene rings is 2. The molecule has 24 heavy (non-hydrogen) atoms. The molecule has 0 aliphatic carbocycles. The number of fused-ring (bicyclic) bond motifs is 1. The van der Waals surface area contributed by atoms with E-state index in [1.54, 1.807) is 24.3 Å². The van der Waals surface area contributed by atoms with Gasteiger partial charge >= 0.3 is 0 Å². The van der Waals surface area contributed by atoms with E-state index in [0.717, 1.165) is 22.2 Å². The van der Waals surface area contributed by atoms with E-state index in [9.17, 15) is 9.59 Å². The van der Waals surface area contributed by atoms with Crippen LogP contribution in [0, 0.1) is 6.92 Å². The Balaban J connectivity index is 2.09. The number of carbonyl (C=O) groups is 2. The Hall–Kier alpha value is -2.85. The molecule has 0 fully saturated rings. The van der Waals surface area contributed by atoms with Gasteiger partial charge in [-0.05, 0) is 19.1 Å². The van der Waals surface area contributed by atoms with Crippen LogP contribution in [0.3, 0.4) is 0 Å². The number of amides is 2. The second-order valence-corrected chi connectivity index (χ2v) is 6.09. The molecule has 0 unspecified atom stereocenters. The number of nitrogens with one attached hydrogen (secondary N) is 2. The monoisotopic (exact) mass is 336 g/mol. The van der Waals surface area contributed by atoms with Crippen molar-refractivity contribution in [1.29, 1.82) is 0 Å². The zero-order valence-corrected chi connectivity index (χ0v) is 13.6. The third-order valence-corrected chi connectivity index (χ3v) is 4.55. The van der Waals surface area contributed by atoms with Crippen molar-refractivity contribution in [3.05, 3.63) is 70.4 Å². The number of halogens is 1. The quantitative estimate of drug-likeness (QED) is 0.701. The number of para-hydroxylation sites is 1. The van der Waals surface area contributed by atoms with Crippen molar-refractivity contribution in [2.24, 2.45) is 0 Å². The molecule has 0 radical (unpaired) electrons. The van der Waals surface area contributed by atoms with Crippen LogP contribution in [-0.4, -0.2) is 16.8 Å². The lowest BCUT2D eigenvalue weighted by Gasteiger charge is -2.07. The Morgan fingerprint density at radius 3 is 2.33 bits per heavy atom. The van der Waals surface area contributed by atoms with Crippen molar-refractivity contribution in [3.8, 4) is 0 Å². The van der Waals surface area contributed by atoms with E-state index in [2.05, 4.69) is 10.3 Å². The van der Waals surface area contributed by atoms with Crippen LogP contribution < -0.4 is 5.32 Å². The van der Waals surface area contributed by atoms with Crippen LogP contribution in [0.15, 0.2) is 48.5 Å². The first-order valence-corrected chi connectivity index (χ1v) is 7.88. The van der Waals surface area contributed by atoms with E-state index in [4.69, 9.17) is 11.6 Å². The van der Waals surface area contributed by atoms with Crippen LogP contribution in [0.25, 0.3) is 22.0 Å². The van der Waals surface area contributed by atoms with Crippen LogP contribution in [0.1, 0.15) is 16.8 Å². The number of aromatic amines is 1. The summed E-state index contributed by atoms with van der Waals surface area (Å²) in [5.74, 6) is -0.824. The van der Waals surface area contributed by atoms with Gasteiger partial charge in [0.1, 0.15) is 0 Å². The predicted molar refractivity (Wildman–Crippen MR) is 94.5 cm³/mol. The number of carbonyl (C=O) groups excluding carboxylic acids is 2. The molecule has 5 heteroatoms. The van der Waals surface area contributed by atoms with Gasteiger partial charge in [0.15, 0.2) is 0 Å². The molecule has 118 valence electrons. The van der Waals surface area contributed by atoms with Crippen molar-refractivity contribution < 1.29 is 9.59 Å². The molecule has 2 N–H and O–H groups in total. The van der Waals surface area contributed by atoms with Crippen LogP contribution in [0.2, 0.25) is 5.02 Å². The average Bonchev–Trinajstić information content (AvgIpc) is 3.03. The number of aromatic nitrogens is 1. The molecule has 2 heterocycles. The first-order valence-electron chi connectivity index (χ1n) is 7.50. The Bertz CT molecular complexity index is 1050. The van der Waals surface area contributed by atoms with Gasteiger partial charge in [-0.2, -0.15) is 0 Å². The van der Waals surface area contributed by atoms with Crippen molar-refractivity contribution in [2.75, 3.05) is 0 Å². The van der Waals surface area contributed by atoms with Gasteiger partial charge in [-0.3, -0.25) is 14.9 Å². The van der Waals surface area contributed by atoms with Gasteiger partial charge in [0.25, 0.3) is 11.8 Å². The predicted octanol–water partition coefficient (Wildman–Crippen LogP) is 3.70. The van der Waals surface area contributed by atoms with Gasteiger partial charge in [-0.25, -0.2) is 0 Å². The molecule has 3 aromatic rings. The lowest BCUT2D eigenvalue weighted by molar-refractivity contribution is -0.122. The van der Waals surface area contributed by atoms with E-state index in [-0.39, 0.29) is 0 Å². The number of hydrogen-bond acceptors (Lipinski definition) is 2. The fourth-order valence-corrected chi connectivity index (χ4v) is 3.44. The van der Waals surface area contributed by atoms with E-state index >= 15 is 0 Å². The minimum absolute atomic E-state index is 0.318. The van der Waals surface area contributed by atoms with Gasteiger partial charge in [-0.15, -0.1) is 0 Å². The smallest absolute Gasteiger partial charge is 0.259 e. The van der Waals surface area contributed by atoms with Crippen molar-refractivity contribution >= 4 is 45.5 Å². The molecule has 4 rings (SSSR count). The fourth-order valence-electron chi connectivity index (χ4n) is 3.21. The van der Waals surface area contributed by atoms with Gasteiger partial charge < -0.3 is 4.98 Å². The minimum atomic E-state index is -0.423. The summed E-state index contributed by atoms with van der Waals surface area (Å²) in [4.78, 5) is 28.2. The minimum Gasteiger partial charge on any atom is -0.358 e. The normalized spacial score (nSPS) is 14.6. The van der Waals surface area contributed by atoms with E-state index in [1.165, 1.54) is 0 Å². The van der Waals surface area contributed by atoms with E-state index < -0.39 is 11.8 Å². The molecule has 0 atom stereocenters. The molecule has 1 aliphatic heterocycles. The lowest BCUT2D eigenvalue weighted by Crippen LogP contribution is -2.22. The summed E-state index contributed by atoms with van der Waals surface area (Å²) in [5, 5.41) is 3.74. The molecule has 4 nitrogen and oxygen atoms in total. The molecule has 2 amide bonds. The first-order chi connectivity index (χ1) is 11.6. The zero-order chi connectivity index (χ0) is 16.8. The first kappa shape index (κ1) is 14.7. The van der Waals surface area contributed by atoms with Crippen LogP contribution in [0.4, 0.5) is 0 Å². The van der Waals surface area contributed by atoms with Gasteiger partial charge in [0.05, 0.1) is 11.1 Å². The summed E-state index contributed by atoms with van der Waals surface area (Å²) >= 11 is 6.27. The van der Waals surface area contributed by atoms with Crippen LogP contribution >= 0.6 is 11.6 Å². The average molecular weight is 337 g/mol. The topological polar surface area (TPSA) is 62.0 Å². The Kier molecular flexibility index (Phi) is 3.28. The second-order valence-electron chi connectivity index (χ2n) is 5.68. The summed E-state index contributed by atoms with van der Waals surface area (Å²) in [6.07, 6.45) is 0. The zero-order valence-electron chi connectivity index (χ0n) is 12.8. The number of rotatable bonds is 2. The summed E-state index contributed by atoms with van der Waals surface area (Å²) < 4.78 is 0. The van der Waals surface area contributed by atoms with Crippen molar-refractivity contribution in [2.45, 2.75) is 6.92 Å². The largest absolute Gasteiger partial charge is 0.358 e. The molecular weight excluding hydrogens is 324 g/mol. The third kappa shape index (κ3) is 2.07. The SMILES string of the molecule is Cc1[nH]c2ccccc2c1C1=C(c2ccccc2Cl)C(=O)NC1=O. The fraction of sp³-hybridized carbons (Fsp3) is 0.0526. The molecule has 0 saturated heterocycles. The molecule has 0 saturated carbocycles. The summed E-state index contributed by atoms with van der Waals surface area (Å²) in [5.41, 5.74) is 3.73. The molecule has 0 spiro atoms. The molecular formula is C19H13ClN2O2. The number of H-pyrrole nitrogens is 1. The highest BCUT2D eigenvalue weighted by Crippen LogP contribution is 2.38.